The summed E-state index contributed by atoms with van der Waals surface area (Å²) in [5, 5.41) is 0.626. The van der Waals surface area contributed by atoms with E-state index in [9.17, 15) is 0 Å². The van der Waals surface area contributed by atoms with Gasteiger partial charge >= 0.3 is 0 Å². The molecule has 1 rings (SSSR count). The van der Waals surface area contributed by atoms with E-state index < -0.39 is 0 Å². The minimum atomic E-state index is 0.0769. The van der Waals surface area contributed by atoms with E-state index in [1.54, 1.807) is 0 Å². The van der Waals surface area contributed by atoms with Crippen molar-refractivity contribution in [2.24, 2.45) is 5.73 Å². The van der Waals surface area contributed by atoms with Crippen LogP contribution in [0.5, 0.6) is 0 Å². The zero-order chi connectivity index (χ0) is 11.5. The molecule has 0 saturated carbocycles. The zero-order valence-corrected chi connectivity index (χ0v) is 10.9. The Bertz CT molecular complexity index is 318. The van der Waals surface area contributed by atoms with Crippen LogP contribution in [0.4, 0.5) is 0 Å². The van der Waals surface area contributed by atoms with Gasteiger partial charge < -0.3 is 5.73 Å². The Balaban J connectivity index is 2.92. The molecule has 0 aliphatic carbocycles. The van der Waals surface area contributed by atoms with Crippen LogP contribution in [0.3, 0.4) is 0 Å². The highest BCUT2D eigenvalue weighted by atomic mass is 32.2. The van der Waals surface area contributed by atoms with Gasteiger partial charge in [0.25, 0.3) is 0 Å². The van der Waals surface area contributed by atoms with Gasteiger partial charge in [-0.05, 0) is 17.7 Å². The van der Waals surface area contributed by atoms with Crippen LogP contribution in [0.15, 0.2) is 29.2 Å². The highest BCUT2D eigenvalue weighted by Gasteiger charge is 2.18. The predicted molar refractivity (Wildman–Crippen MR) is 69.5 cm³/mol. The van der Waals surface area contributed by atoms with Gasteiger partial charge in [-0.3, -0.25) is 0 Å². The van der Waals surface area contributed by atoms with Gasteiger partial charge in [-0.25, -0.2) is 0 Å². The van der Waals surface area contributed by atoms with Crippen molar-refractivity contribution in [1.82, 2.24) is 0 Å². The molecule has 0 spiro atoms. The summed E-state index contributed by atoms with van der Waals surface area (Å²) in [6.07, 6.45) is 0. The minimum Gasteiger partial charge on any atom is -0.330 e. The molecule has 1 aromatic carbocycles. The van der Waals surface area contributed by atoms with Gasteiger partial charge in [-0.15, -0.1) is 11.8 Å². The number of benzene rings is 1. The zero-order valence-electron chi connectivity index (χ0n) is 10.1. The Labute approximate surface area is 97.4 Å². The largest absolute Gasteiger partial charge is 0.330 e. The third kappa shape index (κ3) is 3.54. The molecule has 2 N–H and O–H groups in total. The summed E-state index contributed by atoms with van der Waals surface area (Å²) < 4.78 is 0. The first kappa shape index (κ1) is 12.6. The number of rotatable bonds is 4. The molecule has 0 radical (unpaired) electrons. The second-order valence-electron chi connectivity index (χ2n) is 4.78. The fraction of sp³-hybridized carbons (Fsp3) is 0.538. The average molecular weight is 223 g/mol. The molecule has 15 heavy (non-hydrogen) atoms. The average Bonchev–Trinajstić information content (AvgIpc) is 2.17. The van der Waals surface area contributed by atoms with Crippen molar-refractivity contribution in [3.8, 4) is 0 Å². The molecule has 0 bridgehead atoms. The topological polar surface area (TPSA) is 26.0 Å². The van der Waals surface area contributed by atoms with Crippen molar-refractivity contribution in [2.45, 2.75) is 43.3 Å². The summed E-state index contributed by atoms with van der Waals surface area (Å²) in [7, 11) is 0. The van der Waals surface area contributed by atoms with Gasteiger partial charge in [0.1, 0.15) is 0 Å². The predicted octanol–water partition coefficient (Wildman–Crippen LogP) is 3.42. The maximum Gasteiger partial charge on any atom is 0.00775 e. The molecule has 0 aliphatic heterocycles. The Morgan fingerprint density at radius 3 is 2.53 bits per heavy atom. The van der Waals surface area contributed by atoms with Gasteiger partial charge in [0.05, 0.1) is 0 Å². The lowest BCUT2D eigenvalue weighted by atomic mass is 9.85. The molecule has 2 heteroatoms. The number of thioether (sulfide) groups is 1. The van der Waals surface area contributed by atoms with Crippen LogP contribution >= 0.6 is 11.8 Å². The molecule has 84 valence electrons. The molecule has 0 heterocycles. The highest BCUT2D eigenvalue weighted by molar-refractivity contribution is 7.99. The summed E-state index contributed by atoms with van der Waals surface area (Å²) >= 11 is 1.90. The van der Waals surface area contributed by atoms with Gasteiger partial charge in [0.2, 0.25) is 0 Å². The van der Waals surface area contributed by atoms with E-state index in [-0.39, 0.29) is 5.41 Å². The Kier molecular flexibility index (Phi) is 4.23. The van der Waals surface area contributed by atoms with Crippen molar-refractivity contribution in [1.29, 1.82) is 0 Å². The highest BCUT2D eigenvalue weighted by Crippen LogP contribution is 2.28. The van der Waals surface area contributed by atoms with E-state index in [0.717, 1.165) is 0 Å². The van der Waals surface area contributed by atoms with Gasteiger partial charge in [0.15, 0.2) is 0 Å². The second kappa shape index (κ2) is 5.04. The fourth-order valence-corrected chi connectivity index (χ4v) is 2.28. The summed E-state index contributed by atoms with van der Waals surface area (Å²) in [5.74, 6) is 0. The molecule has 0 aliphatic rings. The third-order valence-corrected chi connectivity index (χ3v) is 3.50. The maximum absolute atomic E-state index is 5.78. The molecule has 0 unspecified atom stereocenters. The third-order valence-electron chi connectivity index (χ3n) is 2.50. The van der Waals surface area contributed by atoms with Crippen LogP contribution in [0.1, 0.15) is 33.3 Å². The summed E-state index contributed by atoms with van der Waals surface area (Å²) in [6, 6.07) is 8.72. The first-order chi connectivity index (χ1) is 6.95. The van der Waals surface area contributed by atoms with Crippen LogP contribution in [0, 0.1) is 0 Å². The molecule has 0 saturated heterocycles. The monoisotopic (exact) mass is 223 g/mol. The number of nitrogens with two attached hydrogens (primary N) is 1. The summed E-state index contributed by atoms with van der Waals surface area (Å²) in [4.78, 5) is 1.34. The number of hydrogen-bond donors (Lipinski definition) is 1. The second-order valence-corrected chi connectivity index (χ2v) is 6.43. The molecule has 1 aromatic rings. The van der Waals surface area contributed by atoms with Crippen LogP contribution in [0.2, 0.25) is 0 Å². The molecule has 0 amide bonds. The van der Waals surface area contributed by atoms with Crippen molar-refractivity contribution in [2.75, 3.05) is 6.54 Å². The van der Waals surface area contributed by atoms with Crippen molar-refractivity contribution >= 4 is 11.8 Å². The smallest absolute Gasteiger partial charge is 0.00775 e. The lowest BCUT2D eigenvalue weighted by molar-refractivity contribution is 0.538. The molecular weight excluding hydrogens is 202 g/mol. The van der Waals surface area contributed by atoms with Crippen LogP contribution in [-0.2, 0) is 5.41 Å². The lowest BCUT2D eigenvalue weighted by Crippen LogP contribution is -2.27. The van der Waals surface area contributed by atoms with Crippen LogP contribution in [0.25, 0.3) is 0 Å². The minimum absolute atomic E-state index is 0.0769. The first-order valence-electron chi connectivity index (χ1n) is 5.43. The lowest BCUT2D eigenvalue weighted by Gasteiger charge is -2.23. The van der Waals surface area contributed by atoms with Crippen LogP contribution in [-0.4, -0.2) is 11.8 Å². The molecule has 0 atom stereocenters. The fourth-order valence-electron chi connectivity index (χ4n) is 1.38. The SMILES string of the molecule is CC(C)Sc1cccc(C(C)(C)CN)c1. The molecule has 1 nitrogen and oxygen atoms in total. The normalized spacial score (nSPS) is 12.1. The van der Waals surface area contributed by atoms with E-state index in [1.165, 1.54) is 10.5 Å². The molecule has 0 fully saturated rings. The number of hydrogen-bond acceptors (Lipinski definition) is 2. The Morgan fingerprint density at radius 2 is 2.00 bits per heavy atom. The van der Waals surface area contributed by atoms with Gasteiger partial charge in [0, 0.05) is 22.1 Å². The van der Waals surface area contributed by atoms with Crippen molar-refractivity contribution in [3.05, 3.63) is 29.8 Å². The quantitative estimate of drug-likeness (QED) is 0.791. The van der Waals surface area contributed by atoms with E-state index in [1.807, 2.05) is 11.8 Å². The molecule has 0 aromatic heterocycles. The van der Waals surface area contributed by atoms with Crippen LogP contribution < -0.4 is 5.73 Å². The Morgan fingerprint density at radius 1 is 1.33 bits per heavy atom. The van der Waals surface area contributed by atoms with E-state index in [4.69, 9.17) is 5.73 Å². The Hall–Kier alpha value is -0.470. The summed E-state index contributed by atoms with van der Waals surface area (Å²) in [5.41, 5.74) is 7.19. The first-order valence-corrected chi connectivity index (χ1v) is 6.31. The maximum atomic E-state index is 5.78. The molecular formula is C13H21NS. The summed E-state index contributed by atoms with van der Waals surface area (Å²) in [6.45, 7) is 9.48. The van der Waals surface area contributed by atoms with E-state index in [0.29, 0.717) is 11.8 Å². The van der Waals surface area contributed by atoms with Crippen molar-refractivity contribution in [3.63, 3.8) is 0 Å². The van der Waals surface area contributed by atoms with E-state index in [2.05, 4.69) is 52.0 Å². The van der Waals surface area contributed by atoms with Gasteiger partial charge in [-0.2, -0.15) is 0 Å². The standard InChI is InChI=1S/C13H21NS/c1-10(2)15-12-7-5-6-11(8-12)13(3,4)9-14/h5-8,10H,9,14H2,1-4H3. The van der Waals surface area contributed by atoms with Crippen molar-refractivity contribution < 1.29 is 0 Å². The van der Waals surface area contributed by atoms with Gasteiger partial charge in [-0.1, -0.05) is 39.8 Å². The van der Waals surface area contributed by atoms with E-state index >= 15 is 0 Å².